The third-order valence-electron chi connectivity index (χ3n) is 7.97. The van der Waals surface area contributed by atoms with Crippen molar-refractivity contribution in [2.75, 3.05) is 6.54 Å². The number of halogens is 1. The number of carbonyl (C=O) groups is 2. The van der Waals surface area contributed by atoms with E-state index in [1.807, 2.05) is 17.0 Å². The van der Waals surface area contributed by atoms with Gasteiger partial charge in [0.25, 0.3) is 0 Å². The van der Waals surface area contributed by atoms with Crippen LogP contribution in [0.3, 0.4) is 0 Å². The predicted molar refractivity (Wildman–Crippen MR) is 125 cm³/mol. The Morgan fingerprint density at radius 3 is 2.30 bits per heavy atom. The van der Waals surface area contributed by atoms with Gasteiger partial charge in [0, 0.05) is 43.2 Å². The molecule has 1 aliphatic heterocycles. The lowest BCUT2D eigenvalue weighted by atomic mass is 9.90. The number of piperidine rings is 1. The second-order valence-corrected chi connectivity index (χ2v) is 10.7. The van der Waals surface area contributed by atoms with Gasteiger partial charge < -0.3 is 16.0 Å². The maximum atomic E-state index is 13.5. The molecule has 2 amide bonds. The summed E-state index contributed by atoms with van der Waals surface area (Å²) >= 11 is 0. The van der Waals surface area contributed by atoms with E-state index in [0.717, 1.165) is 57.1 Å². The van der Waals surface area contributed by atoms with Gasteiger partial charge in [-0.15, -0.1) is 0 Å². The van der Waals surface area contributed by atoms with E-state index in [-0.39, 0.29) is 41.7 Å². The second-order valence-electron chi connectivity index (χ2n) is 10.7. The number of nitrogens with one attached hydrogen (secondary N) is 1. The zero-order chi connectivity index (χ0) is 22.9. The van der Waals surface area contributed by atoms with Crippen LogP contribution in [0.4, 0.5) is 4.39 Å². The molecule has 0 bridgehead atoms. The summed E-state index contributed by atoms with van der Waals surface area (Å²) in [5.74, 6) is 0.0646. The Balaban J connectivity index is 1.29. The summed E-state index contributed by atoms with van der Waals surface area (Å²) < 4.78 is 13.4. The fourth-order valence-corrected chi connectivity index (χ4v) is 5.65. The molecular formula is C26H37FN4O2. The van der Waals surface area contributed by atoms with E-state index < -0.39 is 6.04 Å². The fourth-order valence-electron chi connectivity index (χ4n) is 5.65. The summed E-state index contributed by atoms with van der Waals surface area (Å²) in [4.78, 5) is 30.9. The average Bonchev–Trinajstić information content (AvgIpc) is 3.72. The Hall–Kier alpha value is -1.99. The molecule has 1 unspecified atom stereocenters. The van der Waals surface area contributed by atoms with E-state index in [4.69, 9.17) is 5.73 Å². The van der Waals surface area contributed by atoms with Gasteiger partial charge in [0.05, 0.1) is 0 Å². The van der Waals surface area contributed by atoms with E-state index in [2.05, 4.69) is 10.2 Å². The van der Waals surface area contributed by atoms with Gasteiger partial charge >= 0.3 is 0 Å². The third kappa shape index (κ3) is 5.57. The standard InChI is InChI=1S/C26H37FN4O2/c27-19-5-1-17(2-6-19)16-31(22-11-12-22)23-13-14-30(26(33)18-3-4-18)24(15-23)25(32)29-21-9-7-20(28)8-10-21/h1-2,5-6,18,20-24H,3-4,7-16,28H2,(H,29,32)/t20?,21?,23?,24-/m1/s1. The number of nitrogens with zero attached hydrogens (tertiary/aromatic N) is 2. The monoisotopic (exact) mass is 456 g/mol. The molecule has 7 heteroatoms. The largest absolute Gasteiger partial charge is 0.352 e. The first-order valence-electron chi connectivity index (χ1n) is 12.8. The summed E-state index contributed by atoms with van der Waals surface area (Å²) in [7, 11) is 0. The number of hydrogen-bond donors (Lipinski definition) is 2. The van der Waals surface area contributed by atoms with Crippen LogP contribution >= 0.6 is 0 Å². The Morgan fingerprint density at radius 2 is 1.67 bits per heavy atom. The highest BCUT2D eigenvalue weighted by Crippen LogP contribution is 2.37. The van der Waals surface area contributed by atoms with Gasteiger partial charge in [-0.05, 0) is 81.9 Å². The van der Waals surface area contributed by atoms with Crippen molar-refractivity contribution in [2.24, 2.45) is 11.7 Å². The minimum Gasteiger partial charge on any atom is -0.352 e. The number of benzene rings is 1. The van der Waals surface area contributed by atoms with Crippen molar-refractivity contribution < 1.29 is 14.0 Å². The van der Waals surface area contributed by atoms with Gasteiger partial charge in [0.15, 0.2) is 0 Å². The third-order valence-corrected chi connectivity index (χ3v) is 7.97. The smallest absolute Gasteiger partial charge is 0.243 e. The molecule has 4 fully saturated rings. The highest BCUT2D eigenvalue weighted by Gasteiger charge is 2.45. The van der Waals surface area contributed by atoms with Crippen molar-refractivity contribution >= 4 is 11.8 Å². The number of likely N-dealkylation sites (tertiary alicyclic amines) is 1. The number of nitrogens with two attached hydrogens (primary N) is 1. The van der Waals surface area contributed by atoms with Crippen molar-refractivity contribution in [1.29, 1.82) is 0 Å². The summed E-state index contributed by atoms with van der Waals surface area (Å²) in [5.41, 5.74) is 7.13. The van der Waals surface area contributed by atoms with Gasteiger partial charge in [-0.1, -0.05) is 12.1 Å². The zero-order valence-electron chi connectivity index (χ0n) is 19.4. The topological polar surface area (TPSA) is 78.7 Å². The first-order valence-corrected chi connectivity index (χ1v) is 12.8. The van der Waals surface area contributed by atoms with Crippen molar-refractivity contribution in [3.05, 3.63) is 35.6 Å². The molecule has 1 heterocycles. The van der Waals surface area contributed by atoms with Crippen LogP contribution in [-0.2, 0) is 16.1 Å². The van der Waals surface area contributed by atoms with Crippen LogP contribution in [0, 0.1) is 11.7 Å². The van der Waals surface area contributed by atoms with Crippen molar-refractivity contribution in [2.45, 2.75) is 101 Å². The molecule has 33 heavy (non-hydrogen) atoms. The van der Waals surface area contributed by atoms with Crippen molar-refractivity contribution in [1.82, 2.24) is 15.1 Å². The second kappa shape index (κ2) is 9.71. The lowest BCUT2D eigenvalue weighted by Gasteiger charge is -2.43. The van der Waals surface area contributed by atoms with Gasteiger partial charge in [-0.3, -0.25) is 14.5 Å². The van der Waals surface area contributed by atoms with Crippen LogP contribution in [0.5, 0.6) is 0 Å². The Kier molecular flexibility index (Phi) is 6.70. The molecule has 5 rings (SSSR count). The molecule has 3 aliphatic carbocycles. The number of rotatable bonds is 7. The van der Waals surface area contributed by atoms with E-state index in [1.165, 1.54) is 25.0 Å². The number of hydrogen-bond acceptors (Lipinski definition) is 4. The highest BCUT2D eigenvalue weighted by atomic mass is 19.1. The SMILES string of the molecule is NC1CCC(NC(=O)[C@H]2CC(N(Cc3ccc(F)cc3)C3CC3)CCN2C(=O)C2CC2)CC1. The van der Waals surface area contributed by atoms with Crippen LogP contribution < -0.4 is 11.1 Å². The van der Waals surface area contributed by atoms with E-state index >= 15 is 0 Å². The summed E-state index contributed by atoms with van der Waals surface area (Å²) in [6.07, 6.45) is 9.51. The van der Waals surface area contributed by atoms with Gasteiger partial charge in [-0.25, -0.2) is 4.39 Å². The zero-order valence-corrected chi connectivity index (χ0v) is 19.4. The van der Waals surface area contributed by atoms with E-state index in [1.54, 1.807) is 0 Å². The maximum absolute atomic E-state index is 13.5. The molecule has 0 aromatic heterocycles. The summed E-state index contributed by atoms with van der Waals surface area (Å²) in [5, 5.41) is 3.27. The summed E-state index contributed by atoms with van der Waals surface area (Å²) in [6.45, 7) is 1.40. The van der Waals surface area contributed by atoms with Gasteiger partial charge in [0.2, 0.25) is 11.8 Å². The molecule has 4 aliphatic rings. The molecule has 3 saturated carbocycles. The molecule has 3 N–H and O–H groups in total. The lowest BCUT2D eigenvalue weighted by Crippen LogP contribution is -2.59. The fraction of sp³-hybridized carbons (Fsp3) is 0.692. The van der Waals surface area contributed by atoms with Crippen molar-refractivity contribution in [3.63, 3.8) is 0 Å². The number of amides is 2. The predicted octanol–water partition coefficient (Wildman–Crippen LogP) is 2.95. The minimum atomic E-state index is -0.401. The normalized spacial score (nSPS) is 30.3. The molecular weight excluding hydrogens is 419 g/mol. The highest BCUT2D eigenvalue weighted by molar-refractivity contribution is 5.89. The molecule has 1 saturated heterocycles. The van der Waals surface area contributed by atoms with Gasteiger partial charge in [0.1, 0.15) is 11.9 Å². The van der Waals surface area contributed by atoms with Crippen LogP contribution in [0.1, 0.15) is 69.8 Å². The molecule has 6 nitrogen and oxygen atoms in total. The minimum absolute atomic E-state index is 0.00620. The average molecular weight is 457 g/mol. The Morgan fingerprint density at radius 1 is 0.970 bits per heavy atom. The van der Waals surface area contributed by atoms with Crippen LogP contribution in [0.25, 0.3) is 0 Å². The quantitative estimate of drug-likeness (QED) is 0.661. The van der Waals surface area contributed by atoms with Crippen LogP contribution in [0.2, 0.25) is 0 Å². The molecule has 180 valence electrons. The molecule has 1 aromatic carbocycles. The van der Waals surface area contributed by atoms with Crippen LogP contribution in [0.15, 0.2) is 24.3 Å². The first-order chi connectivity index (χ1) is 16.0. The molecule has 1 aromatic rings. The Labute approximate surface area is 196 Å². The van der Waals surface area contributed by atoms with Crippen LogP contribution in [-0.4, -0.2) is 58.4 Å². The van der Waals surface area contributed by atoms with E-state index in [9.17, 15) is 14.0 Å². The first kappa shape index (κ1) is 22.8. The molecule has 0 radical (unpaired) electrons. The maximum Gasteiger partial charge on any atom is 0.243 e. The summed E-state index contributed by atoms with van der Waals surface area (Å²) in [6, 6.07) is 7.52. The molecule has 0 spiro atoms. The molecule has 2 atom stereocenters. The van der Waals surface area contributed by atoms with E-state index in [0.29, 0.717) is 19.0 Å². The Bertz CT molecular complexity index is 846. The van der Waals surface area contributed by atoms with Crippen molar-refractivity contribution in [3.8, 4) is 0 Å². The van der Waals surface area contributed by atoms with Gasteiger partial charge in [-0.2, -0.15) is 0 Å². The number of carbonyl (C=O) groups excluding carboxylic acids is 2. The lowest BCUT2D eigenvalue weighted by molar-refractivity contribution is -0.145.